The van der Waals surface area contributed by atoms with Crippen LogP contribution in [0.25, 0.3) is 50.8 Å². The smallest absolute Gasteiger partial charge is 0.263 e. The van der Waals surface area contributed by atoms with Crippen LogP contribution < -0.4 is 5.56 Å². The van der Waals surface area contributed by atoms with Gasteiger partial charge < -0.3 is 9.51 Å². The van der Waals surface area contributed by atoms with Crippen LogP contribution in [-0.4, -0.2) is 39.9 Å². The van der Waals surface area contributed by atoms with Gasteiger partial charge in [0.25, 0.3) is 11.4 Å². The van der Waals surface area contributed by atoms with Crippen LogP contribution >= 0.6 is 0 Å². The Kier molecular flexibility index (Phi) is 3.60. The maximum Gasteiger partial charge on any atom is 0.263 e. The summed E-state index contributed by atoms with van der Waals surface area (Å²) in [5.74, 6) is 1.99. The first-order valence-corrected chi connectivity index (χ1v) is 9.50. The summed E-state index contributed by atoms with van der Waals surface area (Å²) in [6, 6.07) is 14.8. The number of nitrogens with one attached hydrogen (secondary N) is 2. The second-order valence-electron chi connectivity index (χ2n) is 7.04. The van der Waals surface area contributed by atoms with Gasteiger partial charge in [-0.15, -0.1) is 0 Å². The number of benzene rings is 2. The zero-order valence-corrected chi connectivity index (χ0v) is 16.2. The molecule has 0 aliphatic rings. The third-order valence-electron chi connectivity index (χ3n) is 5.01. The molecule has 4 heterocycles. The monoisotopic (exact) mass is 410 g/mol. The average Bonchev–Trinajstić information content (AvgIpc) is 3.53. The first-order chi connectivity index (χ1) is 15.2. The lowest BCUT2D eigenvalue weighted by Crippen LogP contribution is -2.10. The van der Waals surface area contributed by atoms with E-state index in [4.69, 9.17) is 4.52 Å². The average molecular weight is 410 g/mol. The predicted molar refractivity (Wildman–Crippen MR) is 112 cm³/mol. The molecule has 2 N–H and O–H groups in total. The Bertz CT molecular complexity index is 1640. The summed E-state index contributed by atoms with van der Waals surface area (Å²) in [6.07, 6.45) is 1.60. The molecule has 31 heavy (non-hydrogen) atoms. The van der Waals surface area contributed by atoms with Gasteiger partial charge in [-0.2, -0.15) is 15.2 Å². The Balaban J connectivity index is 1.44. The highest BCUT2D eigenvalue weighted by molar-refractivity contribution is 5.84. The third kappa shape index (κ3) is 2.73. The Morgan fingerprint density at radius 3 is 2.68 bits per heavy atom. The third-order valence-corrected chi connectivity index (χ3v) is 5.01. The Morgan fingerprint density at radius 2 is 1.84 bits per heavy atom. The number of para-hydroxylation sites is 1. The van der Waals surface area contributed by atoms with Crippen molar-refractivity contribution in [3.63, 3.8) is 0 Å². The Morgan fingerprint density at radius 1 is 1.00 bits per heavy atom. The summed E-state index contributed by atoms with van der Waals surface area (Å²) in [6.45, 7) is 1.84. The molecule has 0 saturated heterocycles. The lowest BCUT2D eigenvalue weighted by Gasteiger charge is -2.00. The second kappa shape index (κ2) is 6.46. The minimum Gasteiger partial charge on any atom is -0.333 e. The maximum absolute atomic E-state index is 12.5. The topological polar surface area (TPSA) is 131 Å². The zero-order valence-electron chi connectivity index (χ0n) is 16.2. The molecule has 0 unspecified atom stereocenters. The summed E-state index contributed by atoms with van der Waals surface area (Å²) >= 11 is 0. The van der Waals surface area contributed by atoms with E-state index in [9.17, 15) is 4.79 Å². The predicted octanol–water partition coefficient (Wildman–Crippen LogP) is 2.99. The fourth-order valence-corrected chi connectivity index (χ4v) is 3.55. The van der Waals surface area contributed by atoms with E-state index < -0.39 is 0 Å². The van der Waals surface area contributed by atoms with Crippen molar-refractivity contribution in [1.29, 1.82) is 0 Å². The minimum absolute atomic E-state index is 0.209. The van der Waals surface area contributed by atoms with Gasteiger partial charge >= 0.3 is 0 Å². The Labute approximate surface area is 173 Å². The van der Waals surface area contributed by atoms with Crippen molar-refractivity contribution in [2.45, 2.75) is 6.92 Å². The number of aromatic amines is 2. The van der Waals surface area contributed by atoms with Gasteiger partial charge in [0.05, 0.1) is 17.1 Å². The van der Waals surface area contributed by atoms with Crippen LogP contribution in [0.4, 0.5) is 0 Å². The summed E-state index contributed by atoms with van der Waals surface area (Å²) in [5, 5.41) is 16.1. The highest BCUT2D eigenvalue weighted by Gasteiger charge is 2.18. The van der Waals surface area contributed by atoms with Crippen molar-refractivity contribution < 1.29 is 4.52 Å². The van der Waals surface area contributed by atoms with Crippen LogP contribution in [0.5, 0.6) is 0 Å². The molecule has 6 rings (SSSR count). The van der Waals surface area contributed by atoms with Crippen molar-refractivity contribution in [2.24, 2.45) is 0 Å². The molecule has 0 spiro atoms. The molecule has 0 atom stereocenters. The van der Waals surface area contributed by atoms with E-state index in [0.717, 1.165) is 17.0 Å². The lowest BCUT2D eigenvalue weighted by atomic mass is 10.1. The van der Waals surface area contributed by atoms with Crippen LogP contribution in [-0.2, 0) is 0 Å². The summed E-state index contributed by atoms with van der Waals surface area (Å²) in [5.41, 5.74) is 3.11. The highest BCUT2D eigenvalue weighted by atomic mass is 16.5. The highest BCUT2D eigenvalue weighted by Crippen LogP contribution is 2.27. The number of aromatic nitrogens is 8. The van der Waals surface area contributed by atoms with Crippen LogP contribution in [0, 0.1) is 6.92 Å². The van der Waals surface area contributed by atoms with E-state index in [2.05, 4.69) is 35.4 Å². The van der Waals surface area contributed by atoms with Gasteiger partial charge in [0, 0.05) is 11.1 Å². The molecule has 0 radical (unpaired) electrons. The molecule has 10 nitrogen and oxygen atoms in total. The number of H-pyrrole nitrogens is 2. The van der Waals surface area contributed by atoms with Crippen LogP contribution in [0.15, 0.2) is 64.0 Å². The summed E-state index contributed by atoms with van der Waals surface area (Å²) in [7, 11) is 0. The number of rotatable bonds is 3. The van der Waals surface area contributed by atoms with E-state index in [1.165, 1.54) is 0 Å². The zero-order chi connectivity index (χ0) is 20.9. The van der Waals surface area contributed by atoms with E-state index in [1.807, 2.05) is 49.4 Å². The van der Waals surface area contributed by atoms with Gasteiger partial charge in [0.2, 0.25) is 5.82 Å². The van der Waals surface area contributed by atoms with Crippen LogP contribution in [0.1, 0.15) is 5.82 Å². The maximum atomic E-state index is 12.5. The molecule has 2 aromatic carbocycles. The van der Waals surface area contributed by atoms with Crippen molar-refractivity contribution in [3.8, 4) is 34.2 Å². The first-order valence-electron chi connectivity index (χ1n) is 9.50. The quantitative estimate of drug-likeness (QED) is 0.458. The number of hydrogen-bond donors (Lipinski definition) is 2. The molecular formula is C21H14N8O2. The van der Waals surface area contributed by atoms with Crippen molar-refractivity contribution in [3.05, 3.63) is 70.9 Å². The van der Waals surface area contributed by atoms with Crippen LogP contribution in [0.3, 0.4) is 0 Å². The van der Waals surface area contributed by atoms with Gasteiger partial charge in [-0.05, 0) is 25.1 Å². The summed E-state index contributed by atoms with van der Waals surface area (Å²) < 4.78 is 7.15. The first kappa shape index (κ1) is 17.3. The molecule has 0 bridgehead atoms. The molecule has 4 aromatic heterocycles. The molecular weight excluding hydrogens is 396 g/mol. The fourth-order valence-electron chi connectivity index (χ4n) is 3.55. The fraction of sp³-hybridized carbons (Fsp3) is 0.0476. The molecule has 0 aliphatic heterocycles. The van der Waals surface area contributed by atoms with Crippen LogP contribution in [0.2, 0.25) is 0 Å². The number of nitrogens with zero attached hydrogens (tertiary/aromatic N) is 6. The van der Waals surface area contributed by atoms with E-state index >= 15 is 0 Å². The Hall–Kier alpha value is -4.60. The van der Waals surface area contributed by atoms with Gasteiger partial charge in [-0.25, -0.2) is 9.50 Å². The second-order valence-corrected chi connectivity index (χ2v) is 7.04. The number of aryl methyl sites for hydroxylation is 1. The van der Waals surface area contributed by atoms with Crippen molar-refractivity contribution >= 4 is 16.6 Å². The molecule has 0 aliphatic carbocycles. The molecule has 0 fully saturated rings. The van der Waals surface area contributed by atoms with Gasteiger partial charge in [0.1, 0.15) is 17.0 Å². The SMILES string of the molecule is Cc1nc(-c2cccc(-c3noc(-c4cnn5c4[nH]c(=O)c4ccccc45)n3)c2)n[nH]1. The molecule has 6 aromatic rings. The standard InChI is InChI=1S/C21H14N8O2/c1-11-23-17(27-26-11)12-5-4-6-13(9-12)18-24-21(31-28-18)15-10-22-29-16-8-3-2-7-14(16)20(30)25-19(15)29/h2-10H,1H3,(H,25,30)(H,23,26,27). The number of hydrogen-bond acceptors (Lipinski definition) is 7. The molecule has 0 saturated carbocycles. The van der Waals surface area contributed by atoms with E-state index in [1.54, 1.807) is 16.8 Å². The molecule has 10 heteroatoms. The largest absolute Gasteiger partial charge is 0.333 e. The molecule has 0 amide bonds. The normalized spacial score (nSPS) is 11.5. The van der Waals surface area contributed by atoms with Gasteiger partial charge in [-0.1, -0.05) is 35.5 Å². The lowest BCUT2D eigenvalue weighted by molar-refractivity contribution is 0.432. The summed E-state index contributed by atoms with van der Waals surface area (Å²) in [4.78, 5) is 24.2. The van der Waals surface area contributed by atoms with E-state index in [-0.39, 0.29) is 11.4 Å². The van der Waals surface area contributed by atoms with Crippen molar-refractivity contribution in [2.75, 3.05) is 0 Å². The molecule has 150 valence electrons. The minimum atomic E-state index is -0.209. The van der Waals surface area contributed by atoms with Crippen molar-refractivity contribution in [1.82, 2.24) is 39.9 Å². The van der Waals surface area contributed by atoms with Gasteiger partial charge in [-0.3, -0.25) is 9.89 Å². The van der Waals surface area contributed by atoms with E-state index in [0.29, 0.717) is 33.8 Å². The van der Waals surface area contributed by atoms with Gasteiger partial charge in [0.15, 0.2) is 5.82 Å². The number of fused-ring (bicyclic) bond motifs is 3.